The van der Waals surface area contributed by atoms with Crippen molar-refractivity contribution in [1.82, 2.24) is 24.6 Å². The molecule has 1 atom stereocenters. The molecule has 6 nitrogen and oxygen atoms in total. The second kappa shape index (κ2) is 4.15. The molecule has 92 valence electrons. The van der Waals surface area contributed by atoms with Gasteiger partial charge in [-0.05, 0) is 11.5 Å². The van der Waals surface area contributed by atoms with Gasteiger partial charge in [0.2, 0.25) is 0 Å². The molecule has 0 spiro atoms. The monoisotopic (exact) mass is 253 g/mol. The highest BCUT2D eigenvalue weighted by atomic mass is 32.1. The normalized spacial score (nSPS) is 13.9. The van der Waals surface area contributed by atoms with Gasteiger partial charge < -0.3 is 5.11 Å². The van der Waals surface area contributed by atoms with E-state index in [2.05, 4.69) is 19.9 Å². The van der Waals surface area contributed by atoms with E-state index in [1.807, 2.05) is 20.8 Å². The van der Waals surface area contributed by atoms with E-state index >= 15 is 0 Å². The topological polar surface area (TPSA) is 76.7 Å². The highest BCUT2D eigenvalue weighted by Crippen LogP contribution is 2.32. The Balaban J connectivity index is 2.42. The number of nitrogens with zero attached hydrogens (tertiary/aromatic N) is 5. The molecule has 2 heterocycles. The number of rotatable bonds is 2. The van der Waals surface area contributed by atoms with Crippen LogP contribution in [0.4, 0.5) is 0 Å². The molecular formula is C10H15N5OS. The van der Waals surface area contributed by atoms with Gasteiger partial charge in [-0.2, -0.15) is 0 Å². The van der Waals surface area contributed by atoms with Crippen LogP contribution in [0, 0.1) is 0 Å². The third kappa shape index (κ3) is 2.20. The molecular weight excluding hydrogens is 238 g/mol. The molecule has 0 amide bonds. The molecule has 0 fully saturated rings. The van der Waals surface area contributed by atoms with E-state index in [9.17, 15) is 5.11 Å². The van der Waals surface area contributed by atoms with Gasteiger partial charge in [-0.25, -0.2) is 4.68 Å². The minimum atomic E-state index is -0.774. The zero-order chi connectivity index (χ0) is 12.6. The van der Waals surface area contributed by atoms with Crippen LogP contribution in [0.25, 0.3) is 0 Å². The van der Waals surface area contributed by atoms with E-state index in [0.29, 0.717) is 5.69 Å². The van der Waals surface area contributed by atoms with E-state index in [1.54, 1.807) is 17.9 Å². The Morgan fingerprint density at radius 2 is 2.12 bits per heavy atom. The molecule has 1 N–H and O–H groups in total. The lowest BCUT2D eigenvalue weighted by Crippen LogP contribution is -2.17. The summed E-state index contributed by atoms with van der Waals surface area (Å²) in [5.41, 5.74) is 1.31. The van der Waals surface area contributed by atoms with Crippen LogP contribution < -0.4 is 0 Å². The van der Waals surface area contributed by atoms with Gasteiger partial charge in [0.05, 0.1) is 22.5 Å². The summed E-state index contributed by atoms with van der Waals surface area (Å²) in [7, 11) is 1.75. The van der Waals surface area contributed by atoms with E-state index < -0.39 is 6.10 Å². The summed E-state index contributed by atoms with van der Waals surface area (Å²) in [6.45, 7) is 6.13. The number of aliphatic hydroxyl groups excluding tert-OH is 1. The van der Waals surface area contributed by atoms with Crippen molar-refractivity contribution in [2.45, 2.75) is 32.3 Å². The van der Waals surface area contributed by atoms with Gasteiger partial charge in [0.25, 0.3) is 0 Å². The van der Waals surface area contributed by atoms with Gasteiger partial charge >= 0.3 is 0 Å². The first kappa shape index (κ1) is 12.1. The summed E-state index contributed by atoms with van der Waals surface area (Å²) < 4.78 is 5.48. The molecule has 0 saturated carbocycles. The van der Waals surface area contributed by atoms with E-state index in [0.717, 1.165) is 10.6 Å². The number of hydrogen-bond donors (Lipinski definition) is 1. The third-order valence-corrected chi connectivity index (χ3v) is 3.28. The Bertz CT molecular complexity index is 513. The molecule has 17 heavy (non-hydrogen) atoms. The first-order chi connectivity index (χ1) is 7.91. The molecule has 0 aromatic carbocycles. The van der Waals surface area contributed by atoms with Gasteiger partial charge in [0, 0.05) is 12.5 Å². The molecule has 0 saturated heterocycles. The first-order valence-electron chi connectivity index (χ1n) is 5.26. The lowest BCUT2D eigenvalue weighted by molar-refractivity contribution is 0.210. The lowest BCUT2D eigenvalue weighted by Gasteiger charge is -2.18. The van der Waals surface area contributed by atoms with Crippen molar-refractivity contribution >= 4 is 11.5 Å². The molecule has 1 unspecified atom stereocenters. The Labute approximate surface area is 103 Å². The lowest BCUT2D eigenvalue weighted by atomic mass is 9.90. The molecule has 0 aliphatic rings. The highest BCUT2D eigenvalue weighted by Gasteiger charge is 2.28. The second-order valence-corrected chi connectivity index (χ2v) is 5.71. The molecule has 2 rings (SSSR count). The summed E-state index contributed by atoms with van der Waals surface area (Å²) >= 11 is 1.21. The smallest absolute Gasteiger partial charge is 0.135 e. The Morgan fingerprint density at radius 3 is 2.65 bits per heavy atom. The average Bonchev–Trinajstić information content (AvgIpc) is 2.82. The molecule has 0 aliphatic carbocycles. The van der Waals surface area contributed by atoms with Crippen LogP contribution in [0.3, 0.4) is 0 Å². The van der Waals surface area contributed by atoms with Gasteiger partial charge in [0.15, 0.2) is 0 Å². The van der Waals surface area contributed by atoms with Crippen LogP contribution in [0.15, 0.2) is 6.20 Å². The van der Waals surface area contributed by atoms with E-state index in [4.69, 9.17) is 0 Å². The Kier molecular flexibility index (Phi) is 2.96. The largest absolute Gasteiger partial charge is 0.381 e. The quantitative estimate of drug-likeness (QED) is 0.865. The maximum atomic E-state index is 10.3. The van der Waals surface area contributed by atoms with Crippen LogP contribution in [0.5, 0.6) is 0 Å². The SMILES string of the molecule is Cn1nncc1C(O)c1snnc1C(C)(C)C. The van der Waals surface area contributed by atoms with Gasteiger partial charge in [-0.1, -0.05) is 30.5 Å². The maximum Gasteiger partial charge on any atom is 0.135 e. The summed E-state index contributed by atoms with van der Waals surface area (Å²) in [6, 6.07) is 0. The number of hydrogen-bond acceptors (Lipinski definition) is 6. The predicted molar refractivity (Wildman–Crippen MR) is 63.7 cm³/mol. The molecule has 0 bridgehead atoms. The Hall–Kier alpha value is -1.34. The van der Waals surface area contributed by atoms with Crippen LogP contribution in [0.2, 0.25) is 0 Å². The highest BCUT2D eigenvalue weighted by molar-refractivity contribution is 7.05. The average molecular weight is 253 g/mol. The molecule has 0 radical (unpaired) electrons. The minimum Gasteiger partial charge on any atom is -0.381 e. The zero-order valence-electron chi connectivity index (χ0n) is 10.2. The fraction of sp³-hybridized carbons (Fsp3) is 0.600. The van der Waals surface area contributed by atoms with Gasteiger partial charge in [0.1, 0.15) is 6.10 Å². The van der Waals surface area contributed by atoms with Crippen LogP contribution in [-0.4, -0.2) is 29.7 Å². The fourth-order valence-corrected chi connectivity index (χ4v) is 2.44. The minimum absolute atomic E-state index is 0.144. The first-order valence-corrected chi connectivity index (χ1v) is 6.04. The van der Waals surface area contributed by atoms with Crippen molar-refractivity contribution in [3.8, 4) is 0 Å². The van der Waals surface area contributed by atoms with Crippen molar-refractivity contribution in [3.05, 3.63) is 22.5 Å². The van der Waals surface area contributed by atoms with Crippen molar-refractivity contribution in [1.29, 1.82) is 0 Å². The predicted octanol–water partition coefficient (Wildman–Crippen LogP) is 1.05. The van der Waals surface area contributed by atoms with Crippen molar-refractivity contribution in [3.63, 3.8) is 0 Å². The summed E-state index contributed by atoms with van der Waals surface area (Å²) in [6.07, 6.45) is 0.779. The van der Waals surface area contributed by atoms with Crippen molar-refractivity contribution in [2.24, 2.45) is 7.05 Å². The van der Waals surface area contributed by atoms with Crippen LogP contribution in [0.1, 0.15) is 43.1 Å². The molecule has 7 heteroatoms. The van der Waals surface area contributed by atoms with Gasteiger partial charge in [-0.3, -0.25) is 0 Å². The number of aromatic nitrogens is 5. The number of aliphatic hydroxyl groups is 1. The zero-order valence-corrected chi connectivity index (χ0v) is 11.1. The van der Waals surface area contributed by atoms with Crippen LogP contribution >= 0.6 is 11.5 Å². The summed E-state index contributed by atoms with van der Waals surface area (Å²) in [4.78, 5) is 0.753. The standard InChI is InChI=1S/C10H15N5OS/c1-10(2,3)9-8(17-14-12-9)7(16)6-5-11-13-15(6)4/h5,7,16H,1-4H3. The van der Waals surface area contributed by atoms with Crippen LogP contribution in [-0.2, 0) is 12.5 Å². The van der Waals surface area contributed by atoms with E-state index in [1.165, 1.54) is 11.5 Å². The molecule has 2 aromatic rings. The fourth-order valence-electron chi connectivity index (χ4n) is 1.58. The summed E-state index contributed by atoms with van der Waals surface area (Å²) in [5.74, 6) is 0. The van der Waals surface area contributed by atoms with Gasteiger partial charge in [-0.15, -0.1) is 10.2 Å². The third-order valence-electron chi connectivity index (χ3n) is 2.50. The summed E-state index contributed by atoms with van der Waals surface area (Å²) in [5, 5.41) is 22.0. The Morgan fingerprint density at radius 1 is 1.41 bits per heavy atom. The van der Waals surface area contributed by atoms with E-state index in [-0.39, 0.29) is 5.41 Å². The van der Waals surface area contributed by atoms with Crippen molar-refractivity contribution in [2.75, 3.05) is 0 Å². The maximum absolute atomic E-state index is 10.3. The second-order valence-electron chi connectivity index (χ2n) is 4.92. The molecule has 0 aliphatic heterocycles. The molecule has 2 aromatic heterocycles. The van der Waals surface area contributed by atoms with Crippen molar-refractivity contribution < 1.29 is 5.11 Å². The number of aryl methyl sites for hydroxylation is 1.